The number of ether oxygens (including phenoxy) is 1. The molecule has 0 bridgehead atoms. The van der Waals surface area contributed by atoms with Crippen LogP contribution in [-0.2, 0) is 23.9 Å². The molecule has 0 aliphatic rings. The fourth-order valence-corrected chi connectivity index (χ4v) is 7.17. The monoisotopic (exact) mass is 701 g/mol. The van der Waals surface area contributed by atoms with Crippen molar-refractivity contribution < 1.29 is 9.53 Å². The van der Waals surface area contributed by atoms with Crippen molar-refractivity contribution in [2.75, 3.05) is 18.1 Å². The maximum atomic E-state index is 12.8. The van der Waals surface area contributed by atoms with E-state index in [0.29, 0.717) is 24.7 Å². The summed E-state index contributed by atoms with van der Waals surface area (Å²) in [6.07, 6.45) is 3.68. The zero-order valence-electron chi connectivity index (χ0n) is 30.3. The molecule has 0 amide bonds. The number of rotatable bonds is 14. The number of carbonyl (C=O) groups is 1. The first kappa shape index (κ1) is 35.1. The Morgan fingerprint density at radius 3 is 1.87 bits per heavy atom. The molecule has 9 nitrogen and oxygen atoms in total. The maximum Gasteiger partial charge on any atom is 0.360 e. The second-order valence-corrected chi connectivity index (χ2v) is 13.0. The van der Waals surface area contributed by atoms with E-state index in [1.807, 2.05) is 53.6 Å². The third kappa shape index (κ3) is 6.85. The minimum absolute atomic E-state index is 0.296. The van der Waals surface area contributed by atoms with Gasteiger partial charge in [-0.2, -0.15) is 0 Å². The van der Waals surface area contributed by atoms with Crippen LogP contribution in [0, 0.1) is 0 Å². The molecule has 5 aromatic carbocycles. The fourth-order valence-electron chi connectivity index (χ4n) is 7.17. The van der Waals surface area contributed by atoms with E-state index in [2.05, 4.69) is 131 Å². The number of anilines is 1. The standard InChI is InChI=1S/C44H43N7O2/c1-4-6-30-50(42-40(43(52)53-5-2)45-32-49(42)3)31-33-26-28-34(29-27-33)38-24-16-17-25-39(38)41-46-47-48-51(41)44(35-18-10-7-11-19-35,36-20-12-8-13-21-36)37-22-14-9-15-23-37/h7-29,32H,4-6,30-31H2,1-3H3. The van der Waals surface area contributed by atoms with Gasteiger partial charge in [0.25, 0.3) is 0 Å². The van der Waals surface area contributed by atoms with Gasteiger partial charge in [-0.15, -0.1) is 5.10 Å². The van der Waals surface area contributed by atoms with Crippen LogP contribution in [0.25, 0.3) is 22.5 Å². The van der Waals surface area contributed by atoms with Crippen LogP contribution in [0.4, 0.5) is 5.82 Å². The predicted octanol–water partition coefficient (Wildman–Crippen LogP) is 8.56. The van der Waals surface area contributed by atoms with E-state index >= 15 is 0 Å². The summed E-state index contributed by atoms with van der Waals surface area (Å²) in [5.41, 5.74) is 6.67. The smallest absolute Gasteiger partial charge is 0.360 e. The van der Waals surface area contributed by atoms with Crippen LogP contribution in [0.2, 0.25) is 0 Å². The van der Waals surface area contributed by atoms with Gasteiger partial charge in [0.05, 0.1) is 12.9 Å². The molecule has 0 unspecified atom stereocenters. The number of aromatic nitrogens is 6. The SMILES string of the molecule is CCCCN(Cc1ccc(-c2ccccc2-c2nnnn2C(c2ccccc2)(c2ccccc2)c2ccccc2)cc1)c1c(C(=O)OCC)ncn1C. The number of hydrogen-bond donors (Lipinski definition) is 0. The van der Waals surface area contributed by atoms with Crippen LogP contribution in [0.5, 0.6) is 0 Å². The highest BCUT2D eigenvalue weighted by molar-refractivity contribution is 5.93. The van der Waals surface area contributed by atoms with E-state index < -0.39 is 11.5 Å². The second-order valence-electron chi connectivity index (χ2n) is 13.0. The van der Waals surface area contributed by atoms with Crippen LogP contribution < -0.4 is 4.90 Å². The number of carbonyl (C=O) groups excluding carboxylic acids is 1. The van der Waals surface area contributed by atoms with Crippen molar-refractivity contribution in [3.05, 3.63) is 174 Å². The number of imidazole rings is 1. The Kier molecular flexibility index (Phi) is 10.5. The molecule has 7 aromatic rings. The highest BCUT2D eigenvalue weighted by Crippen LogP contribution is 2.43. The quantitative estimate of drug-likeness (QED) is 0.0829. The normalized spacial score (nSPS) is 11.4. The minimum Gasteiger partial charge on any atom is -0.461 e. The van der Waals surface area contributed by atoms with Gasteiger partial charge in [0.15, 0.2) is 11.5 Å². The van der Waals surface area contributed by atoms with E-state index in [1.165, 1.54) is 0 Å². The molecule has 0 fully saturated rings. The lowest BCUT2D eigenvalue weighted by molar-refractivity contribution is 0.0520. The topological polar surface area (TPSA) is 91.0 Å². The van der Waals surface area contributed by atoms with Crippen LogP contribution in [0.15, 0.2) is 146 Å². The zero-order valence-corrected chi connectivity index (χ0v) is 30.3. The van der Waals surface area contributed by atoms with Crippen LogP contribution in [-0.4, -0.2) is 48.9 Å². The second kappa shape index (κ2) is 15.9. The Morgan fingerprint density at radius 1 is 0.736 bits per heavy atom. The average Bonchev–Trinajstić information content (AvgIpc) is 3.86. The van der Waals surface area contributed by atoms with Gasteiger partial charge in [-0.3, -0.25) is 0 Å². The summed E-state index contributed by atoms with van der Waals surface area (Å²) in [5.74, 6) is 1.00. The molecular weight excluding hydrogens is 659 g/mol. The lowest BCUT2D eigenvalue weighted by Gasteiger charge is -2.36. The van der Waals surface area contributed by atoms with E-state index in [4.69, 9.17) is 15.0 Å². The summed E-state index contributed by atoms with van der Waals surface area (Å²) < 4.78 is 9.21. The van der Waals surface area contributed by atoms with Crippen LogP contribution >= 0.6 is 0 Å². The third-order valence-corrected chi connectivity index (χ3v) is 9.62. The van der Waals surface area contributed by atoms with Crippen molar-refractivity contribution in [2.24, 2.45) is 7.05 Å². The summed E-state index contributed by atoms with van der Waals surface area (Å²) in [5, 5.41) is 13.8. The van der Waals surface area contributed by atoms with Crippen molar-refractivity contribution in [1.29, 1.82) is 0 Å². The summed E-state index contributed by atoms with van der Waals surface area (Å²) in [7, 11) is 1.92. The van der Waals surface area contributed by atoms with Gasteiger partial charge in [-0.05, 0) is 57.2 Å². The largest absolute Gasteiger partial charge is 0.461 e. The molecule has 0 aliphatic heterocycles. The highest BCUT2D eigenvalue weighted by Gasteiger charge is 2.42. The lowest BCUT2D eigenvalue weighted by atomic mass is 9.77. The number of tetrazole rings is 1. The molecule has 9 heteroatoms. The van der Waals surface area contributed by atoms with Gasteiger partial charge >= 0.3 is 5.97 Å². The number of unbranched alkanes of at least 4 members (excludes halogenated alkanes) is 1. The first-order valence-corrected chi connectivity index (χ1v) is 18.1. The number of nitrogens with zero attached hydrogens (tertiary/aromatic N) is 7. The Bertz CT molecular complexity index is 2150. The minimum atomic E-state index is -0.865. The molecule has 0 N–H and O–H groups in total. The molecule has 7 rings (SSSR count). The van der Waals surface area contributed by atoms with E-state index in [1.54, 1.807) is 6.33 Å². The van der Waals surface area contributed by atoms with Crippen LogP contribution in [0.1, 0.15) is 59.4 Å². The van der Waals surface area contributed by atoms with Gasteiger partial charge in [0.1, 0.15) is 11.4 Å². The summed E-state index contributed by atoms with van der Waals surface area (Å²) in [4.78, 5) is 19.4. The number of aryl methyl sites for hydroxylation is 1. The van der Waals surface area contributed by atoms with Crippen LogP contribution in [0.3, 0.4) is 0 Å². The Balaban J connectivity index is 1.30. The first-order valence-electron chi connectivity index (χ1n) is 18.1. The summed E-state index contributed by atoms with van der Waals surface area (Å²) in [6.45, 7) is 5.66. The predicted molar refractivity (Wildman–Crippen MR) is 208 cm³/mol. The van der Waals surface area contributed by atoms with Crippen molar-refractivity contribution in [3.63, 3.8) is 0 Å². The molecule has 0 aliphatic carbocycles. The number of esters is 1. The van der Waals surface area contributed by atoms with E-state index in [9.17, 15) is 4.79 Å². The Hall–Kier alpha value is -6.35. The van der Waals surface area contributed by atoms with Gasteiger partial charge in [0.2, 0.25) is 0 Å². The zero-order chi connectivity index (χ0) is 36.6. The average molecular weight is 702 g/mol. The molecule has 2 aromatic heterocycles. The van der Waals surface area contributed by atoms with Gasteiger partial charge in [-0.1, -0.05) is 153 Å². The van der Waals surface area contributed by atoms with Crippen molar-refractivity contribution in [2.45, 2.75) is 38.8 Å². The van der Waals surface area contributed by atoms with Crippen molar-refractivity contribution in [1.82, 2.24) is 29.8 Å². The molecule has 0 spiro atoms. The summed E-state index contributed by atoms with van der Waals surface area (Å²) >= 11 is 0. The first-order chi connectivity index (χ1) is 26.1. The molecule has 0 saturated carbocycles. The molecule has 53 heavy (non-hydrogen) atoms. The molecule has 0 radical (unpaired) electrons. The van der Waals surface area contributed by atoms with Gasteiger partial charge in [0, 0.05) is 25.7 Å². The molecule has 2 heterocycles. The van der Waals surface area contributed by atoms with Crippen molar-refractivity contribution >= 4 is 11.8 Å². The van der Waals surface area contributed by atoms with Gasteiger partial charge < -0.3 is 14.2 Å². The maximum absolute atomic E-state index is 12.8. The van der Waals surface area contributed by atoms with E-state index in [-0.39, 0.29) is 0 Å². The summed E-state index contributed by atoms with van der Waals surface area (Å²) in [6, 6.07) is 48.2. The fraction of sp³-hybridized carbons (Fsp3) is 0.205. The lowest BCUT2D eigenvalue weighted by Crippen LogP contribution is -2.39. The Labute approximate surface area is 310 Å². The molecule has 0 saturated heterocycles. The number of benzene rings is 5. The molecule has 0 atom stereocenters. The molecular formula is C44H43N7O2. The van der Waals surface area contributed by atoms with Gasteiger partial charge in [-0.25, -0.2) is 14.5 Å². The molecule has 266 valence electrons. The highest BCUT2D eigenvalue weighted by atomic mass is 16.5. The Morgan fingerprint density at radius 2 is 1.30 bits per heavy atom. The van der Waals surface area contributed by atoms with E-state index in [0.717, 1.165) is 64.1 Å². The number of hydrogen-bond acceptors (Lipinski definition) is 7. The third-order valence-electron chi connectivity index (χ3n) is 9.62. The van der Waals surface area contributed by atoms with Crippen molar-refractivity contribution in [3.8, 4) is 22.5 Å².